The van der Waals surface area contributed by atoms with Crippen molar-refractivity contribution in [2.24, 2.45) is 0 Å². The topological polar surface area (TPSA) is 41.6 Å². The summed E-state index contributed by atoms with van der Waals surface area (Å²) < 4.78 is 11.0. The molecule has 1 aliphatic rings. The summed E-state index contributed by atoms with van der Waals surface area (Å²) in [5, 5.41) is 3.52. The third kappa shape index (κ3) is 3.49. The van der Waals surface area contributed by atoms with E-state index in [2.05, 4.69) is 23.3 Å². The number of nitrogens with zero attached hydrogens (tertiary/aromatic N) is 1. The molecule has 1 N–H and O–H groups in total. The van der Waals surface area contributed by atoms with E-state index in [0.29, 0.717) is 0 Å². The number of furan rings is 2. The summed E-state index contributed by atoms with van der Waals surface area (Å²) in [7, 11) is 2.07. The molecular formula is C15H20N2O2. The van der Waals surface area contributed by atoms with Crippen molar-refractivity contribution in [1.82, 2.24) is 10.2 Å². The number of nitrogens with one attached hydrogen (secondary N) is 1. The molecule has 0 spiro atoms. The van der Waals surface area contributed by atoms with E-state index in [4.69, 9.17) is 8.83 Å². The second kappa shape index (κ2) is 5.63. The fourth-order valence-corrected chi connectivity index (χ4v) is 2.17. The van der Waals surface area contributed by atoms with Crippen LogP contribution in [0.5, 0.6) is 0 Å². The van der Waals surface area contributed by atoms with Gasteiger partial charge in [-0.1, -0.05) is 0 Å². The Morgan fingerprint density at radius 2 is 2.11 bits per heavy atom. The van der Waals surface area contributed by atoms with Crippen LogP contribution in [0.25, 0.3) is 0 Å². The minimum atomic E-state index is 0.726. The van der Waals surface area contributed by atoms with Crippen molar-refractivity contribution in [3.8, 4) is 0 Å². The van der Waals surface area contributed by atoms with Gasteiger partial charge in [-0.15, -0.1) is 0 Å². The molecule has 0 radical (unpaired) electrons. The molecule has 3 rings (SSSR count). The van der Waals surface area contributed by atoms with Gasteiger partial charge >= 0.3 is 0 Å². The Morgan fingerprint density at radius 3 is 2.84 bits per heavy atom. The summed E-state index contributed by atoms with van der Waals surface area (Å²) in [5.41, 5.74) is 1.26. The minimum Gasteiger partial charge on any atom is -0.468 e. The van der Waals surface area contributed by atoms with E-state index in [1.807, 2.05) is 12.1 Å². The minimum absolute atomic E-state index is 0.726. The Hall–Kier alpha value is -1.52. The first-order valence-electron chi connectivity index (χ1n) is 6.81. The van der Waals surface area contributed by atoms with Gasteiger partial charge in [-0.25, -0.2) is 0 Å². The summed E-state index contributed by atoms with van der Waals surface area (Å²) >= 11 is 0. The molecule has 4 nitrogen and oxygen atoms in total. The molecule has 0 unspecified atom stereocenters. The maximum atomic E-state index is 5.59. The third-order valence-corrected chi connectivity index (χ3v) is 3.42. The summed E-state index contributed by atoms with van der Waals surface area (Å²) in [6.45, 7) is 2.50. The van der Waals surface area contributed by atoms with Gasteiger partial charge in [0.2, 0.25) is 0 Å². The maximum Gasteiger partial charge on any atom is 0.122 e. The van der Waals surface area contributed by atoms with Gasteiger partial charge in [0.05, 0.1) is 25.6 Å². The van der Waals surface area contributed by atoms with Crippen LogP contribution >= 0.6 is 0 Å². The smallest absolute Gasteiger partial charge is 0.122 e. The monoisotopic (exact) mass is 260 g/mol. The Morgan fingerprint density at radius 1 is 1.21 bits per heavy atom. The Bertz CT molecular complexity index is 500. The van der Waals surface area contributed by atoms with Gasteiger partial charge in [0.15, 0.2) is 0 Å². The van der Waals surface area contributed by atoms with E-state index in [9.17, 15) is 0 Å². The highest BCUT2D eigenvalue weighted by atomic mass is 16.3. The van der Waals surface area contributed by atoms with Gasteiger partial charge in [-0.2, -0.15) is 0 Å². The van der Waals surface area contributed by atoms with Crippen molar-refractivity contribution in [2.45, 2.75) is 38.5 Å². The summed E-state index contributed by atoms with van der Waals surface area (Å²) in [6, 6.07) is 6.70. The van der Waals surface area contributed by atoms with Crippen molar-refractivity contribution in [2.75, 3.05) is 7.05 Å². The first-order valence-corrected chi connectivity index (χ1v) is 6.81. The fourth-order valence-electron chi connectivity index (χ4n) is 2.17. The molecule has 0 aromatic carbocycles. The van der Waals surface area contributed by atoms with Gasteiger partial charge in [-0.05, 0) is 38.1 Å². The molecule has 0 atom stereocenters. The van der Waals surface area contributed by atoms with Crippen LogP contribution in [0.1, 0.15) is 29.9 Å². The quantitative estimate of drug-likeness (QED) is 0.831. The number of rotatable bonds is 7. The fraction of sp³-hybridized carbons (Fsp3) is 0.467. The van der Waals surface area contributed by atoms with Gasteiger partial charge in [0.1, 0.15) is 11.5 Å². The zero-order valence-corrected chi connectivity index (χ0v) is 11.3. The molecule has 0 amide bonds. The van der Waals surface area contributed by atoms with Crippen LogP contribution in [0, 0.1) is 0 Å². The summed E-state index contributed by atoms with van der Waals surface area (Å²) in [6.07, 6.45) is 6.11. The molecule has 4 heteroatoms. The summed E-state index contributed by atoms with van der Waals surface area (Å²) in [4.78, 5) is 2.19. The molecular weight excluding hydrogens is 240 g/mol. The Kier molecular flexibility index (Phi) is 3.71. The molecule has 102 valence electrons. The average Bonchev–Trinajstić information content (AvgIpc) is 2.89. The number of hydrogen-bond donors (Lipinski definition) is 1. The highest BCUT2D eigenvalue weighted by Gasteiger charge is 2.21. The molecule has 1 saturated carbocycles. The lowest BCUT2D eigenvalue weighted by molar-refractivity contribution is 0.263. The van der Waals surface area contributed by atoms with Crippen molar-refractivity contribution < 1.29 is 8.83 Å². The van der Waals surface area contributed by atoms with E-state index >= 15 is 0 Å². The molecule has 1 aliphatic carbocycles. The zero-order chi connectivity index (χ0) is 13.1. The van der Waals surface area contributed by atoms with Gasteiger partial charge < -0.3 is 14.2 Å². The van der Waals surface area contributed by atoms with Gasteiger partial charge in [0.25, 0.3) is 0 Å². The zero-order valence-electron chi connectivity index (χ0n) is 11.3. The largest absolute Gasteiger partial charge is 0.468 e. The van der Waals surface area contributed by atoms with Crippen LogP contribution in [0.2, 0.25) is 0 Å². The first-order chi connectivity index (χ1) is 9.31. The summed E-state index contributed by atoms with van der Waals surface area (Å²) in [5.74, 6) is 2.02. The van der Waals surface area contributed by atoms with Crippen LogP contribution < -0.4 is 5.32 Å². The lowest BCUT2D eigenvalue weighted by atomic mass is 10.2. The van der Waals surface area contributed by atoms with E-state index in [1.165, 1.54) is 18.4 Å². The van der Waals surface area contributed by atoms with Crippen molar-refractivity contribution in [3.05, 3.63) is 47.8 Å². The molecule has 19 heavy (non-hydrogen) atoms. The Balaban J connectivity index is 1.54. The standard InChI is InChI=1S/C15H20N2O2/c1-17(10-14-3-2-7-18-14)11-15-12(6-8-19-15)9-16-13-4-5-13/h2-3,6-8,13,16H,4-5,9-11H2,1H3. The van der Waals surface area contributed by atoms with Crippen LogP contribution in [0.15, 0.2) is 39.6 Å². The van der Waals surface area contributed by atoms with E-state index in [1.54, 1.807) is 12.5 Å². The lowest BCUT2D eigenvalue weighted by Crippen LogP contribution is -2.20. The highest BCUT2D eigenvalue weighted by Crippen LogP contribution is 2.21. The van der Waals surface area contributed by atoms with Gasteiger partial charge in [0, 0.05) is 18.2 Å². The molecule has 0 aliphatic heterocycles. The first kappa shape index (κ1) is 12.5. The molecule has 0 saturated heterocycles. The van der Waals surface area contributed by atoms with E-state index in [-0.39, 0.29) is 0 Å². The predicted octanol–water partition coefficient (Wildman–Crippen LogP) is 2.76. The Labute approximate surface area is 113 Å². The van der Waals surface area contributed by atoms with Crippen LogP contribution in [0.3, 0.4) is 0 Å². The van der Waals surface area contributed by atoms with Gasteiger partial charge in [-0.3, -0.25) is 4.90 Å². The molecule has 0 bridgehead atoms. The third-order valence-electron chi connectivity index (χ3n) is 3.42. The van der Waals surface area contributed by atoms with E-state index < -0.39 is 0 Å². The van der Waals surface area contributed by atoms with Crippen molar-refractivity contribution in [3.63, 3.8) is 0 Å². The maximum absolute atomic E-state index is 5.59. The second-order valence-electron chi connectivity index (χ2n) is 5.28. The molecule has 1 fully saturated rings. The highest BCUT2D eigenvalue weighted by molar-refractivity contribution is 5.17. The molecule has 2 aromatic rings. The van der Waals surface area contributed by atoms with E-state index in [0.717, 1.165) is 37.2 Å². The predicted molar refractivity (Wildman–Crippen MR) is 72.4 cm³/mol. The second-order valence-corrected chi connectivity index (χ2v) is 5.28. The van der Waals surface area contributed by atoms with Crippen molar-refractivity contribution in [1.29, 1.82) is 0 Å². The van der Waals surface area contributed by atoms with Crippen LogP contribution in [-0.4, -0.2) is 18.0 Å². The van der Waals surface area contributed by atoms with Crippen molar-refractivity contribution >= 4 is 0 Å². The number of hydrogen-bond acceptors (Lipinski definition) is 4. The van der Waals surface area contributed by atoms with Crippen LogP contribution in [-0.2, 0) is 19.6 Å². The SMILES string of the molecule is CN(Cc1ccco1)Cc1occc1CNC1CC1. The average molecular weight is 260 g/mol. The lowest BCUT2D eigenvalue weighted by Gasteiger charge is -2.14. The molecule has 2 aromatic heterocycles. The molecule has 2 heterocycles. The van der Waals surface area contributed by atoms with Crippen LogP contribution in [0.4, 0.5) is 0 Å². The normalized spacial score (nSPS) is 15.3.